The second-order valence-corrected chi connectivity index (χ2v) is 8.48. The van der Waals surface area contributed by atoms with Crippen molar-refractivity contribution in [2.75, 3.05) is 6.54 Å². The summed E-state index contributed by atoms with van der Waals surface area (Å²) < 4.78 is 0. The van der Waals surface area contributed by atoms with E-state index in [0.29, 0.717) is 23.1 Å². The van der Waals surface area contributed by atoms with Gasteiger partial charge in [0.1, 0.15) is 0 Å². The average Bonchev–Trinajstić information content (AvgIpc) is 2.76. The minimum atomic E-state index is -0.0877. The maximum absolute atomic E-state index is 12.5. The molecule has 23 heavy (non-hydrogen) atoms. The fourth-order valence-corrected chi connectivity index (χ4v) is 6.39. The Hall–Kier alpha value is -1.64. The van der Waals surface area contributed by atoms with Gasteiger partial charge in [-0.25, -0.2) is 0 Å². The summed E-state index contributed by atoms with van der Waals surface area (Å²) in [6, 6.07) is 7.24. The number of amides is 2. The molecule has 4 fully saturated rings. The van der Waals surface area contributed by atoms with Crippen molar-refractivity contribution in [2.24, 2.45) is 23.2 Å². The van der Waals surface area contributed by atoms with E-state index < -0.39 is 0 Å². The molecule has 4 aliphatic carbocycles. The lowest BCUT2D eigenvalue weighted by Crippen LogP contribution is -2.47. The Morgan fingerprint density at radius 1 is 0.870 bits per heavy atom. The zero-order valence-corrected chi connectivity index (χ0v) is 13.5. The van der Waals surface area contributed by atoms with Crippen molar-refractivity contribution in [1.82, 2.24) is 4.90 Å². The number of hydrogen-bond donors (Lipinski definition) is 0. The molecule has 0 aromatic heterocycles. The first-order chi connectivity index (χ1) is 11.1. The van der Waals surface area contributed by atoms with Crippen molar-refractivity contribution in [3.05, 3.63) is 35.4 Å². The average molecular weight is 309 g/mol. The molecule has 6 rings (SSSR count). The molecule has 3 heteroatoms. The van der Waals surface area contributed by atoms with Crippen LogP contribution in [0.5, 0.6) is 0 Å². The van der Waals surface area contributed by atoms with Gasteiger partial charge in [-0.05, 0) is 80.2 Å². The monoisotopic (exact) mass is 309 g/mol. The smallest absolute Gasteiger partial charge is 0.261 e. The van der Waals surface area contributed by atoms with Crippen LogP contribution in [0.3, 0.4) is 0 Å². The molecule has 2 amide bonds. The van der Waals surface area contributed by atoms with Gasteiger partial charge in [0, 0.05) is 6.54 Å². The lowest BCUT2D eigenvalue weighted by atomic mass is 9.49. The molecule has 0 unspecified atom stereocenters. The van der Waals surface area contributed by atoms with E-state index >= 15 is 0 Å². The third-order valence-electron chi connectivity index (χ3n) is 6.91. The molecule has 0 N–H and O–H groups in total. The number of carbonyl (C=O) groups is 2. The molecule has 4 bridgehead atoms. The highest BCUT2D eigenvalue weighted by Crippen LogP contribution is 2.61. The third-order valence-corrected chi connectivity index (χ3v) is 6.91. The minimum Gasteiger partial charge on any atom is -0.274 e. The Labute approximate surface area is 137 Å². The number of rotatable bonds is 3. The van der Waals surface area contributed by atoms with Crippen LogP contribution in [0, 0.1) is 23.2 Å². The highest BCUT2D eigenvalue weighted by Gasteiger charge is 2.51. The van der Waals surface area contributed by atoms with Crippen molar-refractivity contribution in [2.45, 2.75) is 44.9 Å². The van der Waals surface area contributed by atoms with Crippen LogP contribution in [0.4, 0.5) is 0 Å². The molecule has 1 heterocycles. The van der Waals surface area contributed by atoms with E-state index in [9.17, 15) is 9.59 Å². The summed E-state index contributed by atoms with van der Waals surface area (Å²) in [7, 11) is 0. The summed E-state index contributed by atoms with van der Waals surface area (Å²) in [5.74, 6) is 2.58. The fraction of sp³-hybridized carbons (Fsp3) is 0.600. The van der Waals surface area contributed by atoms with Gasteiger partial charge in [-0.3, -0.25) is 14.5 Å². The van der Waals surface area contributed by atoms with Crippen molar-refractivity contribution in [3.63, 3.8) is 0 Å². The standard InChI is InChI=1S/C20H23NO2/c22-18-16-3-1-2-4-17(16)19(23)21(18)6-5-20-10-13-7-14(11-20)9-15(8-13)12-20/h1-4,13-15H,5-12H2. The molecule has 120 valence electrons. The van der Waals surface area contributed by atoms with Crippen LogP contribution in [0.1, 0.15) is 65.7 Å². The summed E-state index contributed by atoms with van der Waals surface area (Å²) >= 11 is 0. The summed E-state index contributed by atoms with van der Waals surface area (Å²) in [4.78, 5) is 26.6. The van der Waals surface area contributed by atoms with Gasteiger partial charge < -0.3 is 0 Å². The molecule has 0 radical (unpaired) electrons. The molecule has 1 aromatic rings. The highest BCUT2D eigenvalue weighted by molar-refractivity contribution is 6.21. The molecule has 0 saturated heterocycles. The van der Waals surface area contributed by atoms with Gasteiger partial charge in [-0.1, -0.05) is 12.1 Å². The van der Waals surface area contributed by atoms with E-state index in [4.69, 9.17) is 0 Å². The van der Waals surface area contributed by atoms with E-state index in [0.717, 1.165) is 24.2 Å². The van der Waals surface area contributed by atoms with Crippen molar-refractivity contribution >= 4 is 11.8 Å². The van der Waals surface area contributed by atoms with Crippen LogP contribution in [0.2, 0.25) is 0 Å². The topological polar surface area (TPSA) is 37.4 Å². The van der Waals surface area contributed by atoms with Crippen molar-refractivity contribution in [3.8, 4) is 0 Å². The van der Waals surface area contributed by atoms with E-state index in [2.05, 4.69) is 0 Å². The highest BCUT2D eigenvalue weighted by atomic mass is 16.2. The van der Waals surface area contributed by atoms with E-state index in [1.807, 2.05) is 12.1 Å². The molecule has 0 spiro atoms. The summed E-state index contributed by atoms with van der Waals surface area (Å²) in [5, 5.41) is 0. The number of fused-ring (bicyclic) bond motifs is 1. The van der Waals surface area contributed by atoms with E-state index in [1.54, 1.807) is 12.1 Å². The van der Waals surface area contributed by atoms with Crippen LogP contribution < -0.4 is 0 Å². The zero-order valence-electron chi connectivity index (χ0n) is 13.5. The van der Waals surface area contributed by atoms with Crippen LogP contribution in [-0.2, 0) is 0 Å². The van der Waals surface area contributed by atoms with Crippen molar-refractivity contribution in [1.29, 1.82) is 0 Å². The zero-order chi connectivity index (χ0) is 15.6. The Bertz CT molecular complexity index is 622. The van der Waals surface area contributed by atoms with Gasteiger partial charge in [0.2, 0.25) is 0 Å². The lowest BCUT2D eigenvalue weighted by Gasteiger charge is -2.57. The lowest BCUT2D eigenvalue weighted by molar-refractivity contribution is -0.0590. The largest absolute Gasteiger partial charge is 0.274 e. The molecule has 1 aromatic carbocycles. The summed E-state index contributed by atoms with van der Waals surface area (Å²) in [6.07, 6.45) is 9.33. The van der Waals surface area contributed by atoms with Gasteiger partial charge in [-0.15, -0.1) is 0 Å². The first kappa shape index (κ1) is 13.8. The quantitative estimate of drug-likeness (QED) is 0.794. The predicted molar refractivity (Wildman–Crippen MR) is 87.0 cm³/mol. The second-order valence-electron chi connectivity index (χ2n) is 8.48. The number of carbonyl (C=O) groups excluding carboxylic acids is 2. The first-order valence-corrected chi connectivity index (χ1v) is 9.09. The van der Waals surface area contributed by atoms with Crippen LogP contribution >= 0.6 is 0 Å². The fourth-order valence-electron chi connectivity index (χ4n) is 6.39. The third kappa shape index (κ3) is 2.02. The Morgan fingerprint density at radius 3 is 1.83 bits per heavy atom. The van der Waals surface area contributed by atoms with Gasteiger partial charge >= 0.3 is 0 Å². The number of nitrogens with zero attached hydrogens (tertiary/aromatic N) is 1. The number of benzene rings is 1. The predicted octanol–water partition coefficient (Wildman–Crippen LogP) is 3.89. The normalized spacial score (nSPS) is 37.6. The number of imide groups is 1. The Morgan fingerprint density at radius 2 is 1.35 bits per heavy atom. The molecular formula is C20H23NO2. The molecule has 4 saturated carbocycles. The SMILES string of the molecule is O=C1c2ccccc2C(=O)N1CCC12CC3CC(CC(C3)C1)C2. The van der Waals surface area contributed by atoms with Gasteiger partial charge in [-0.2, -0.15) is 0 Å². The molecule has 3 nitrogen and oxygen atoms in total. The van der Waals surface area contributed by atoms with Gasteiger partial charge in [0.05, 0.1) is 11.1 Å². The molecular weight excluding hydrogens is 286 g/mol. The van der Waals surface area contributed by atoms with Gasteiger partial charge in [0.25, 0.3) is 11.8 Å². The number of hydrogen-bond acceptors (Lipinski definition) is 2. The van der Waals surface area contributed by atoms with Crippen LogP contribution in [-0.4, -0.2) is 23.3 Å². The summed E-state index contributed by atoms with van der Waals surface area (Å²) in [6.45, 7) is 0.610. The molecule has 1 aliphatic heterocycles. The van der Waals surface area contributed by atoms with Gasteiger partial charge in [0.15, 0.2) is 0 Å². The van der Waals surface area contributed by atoms with Crippen LogP contribution in [0.15, 0.2) is 24.3 Å². The second kappa shape index (κ2) is 4.68. The minimum absolute atomic E-state index is 0.0877. The summed E-state index contributed by atoms with van der Waals surface area (Å²) in [5.41, 5.74) is 1.59. The Balaban J connectivity index is 1.34. The van der Waals surface area contributed by atoms with E-state index in [-0.39, 0.29) is 11.8 Å². The molecule has 5 aliphatic rings. The maximum Gasteiger partial charge on any atom is 0.261 e. The molecule has 0 atom stereocenters. The Kier molecular flexibility index (Phi) is 2.80. The maximum atomic E-state index is 12.5. The van der Waals surface area contributed by atoms with Crippen LogP contribution in [0.25, 0.3) is 0 Å². The first-order valence-electron chi connectivity index (χ1n) is 9.09. The van der Waals surface area contributed by atoms with Crippen molar-refractivity contribution < 1.29 is 9.59 Å². The van der Waals surface area contributed by atoms with E-state index in [1.165, 1.54) is 43.4 Å².